The fourth-order valence-electron chi connectivity index (χ4n) is 1.62. The maximum Gasteiger partial charge on any atom is 0.132 e. The molecule has 0 aliphatic carbocycles. The van der Waals surface area contributed by atoms with Crippen molar-refractivity contribution in [2.75, 3.05) is 0 Å². The van der Waals surface area contributed by atoms with Gasteiger partial charge in [-0.2, -0.15) is 0 Å². The summed E-state index contributed by atoms with van der Waals surface area (Å²) in [5, 5.41) is 10.0. The van der Waals surface area contributed by atoms with Gasteiger partial charge in [-0.1, -0.05) is 24.3 Å². The predicted molar refractivity (Wildman–Crippen MR) is 69.6 cm³/mol. The van der Waals surface area contributed by atoms with Gasteiger partial charge in [-0.3, -0.25) is 0 Å². The van der Waals surface area contributed by atoms with E-state index < -0.39 is 17.7 Å². The fourth-order valence-corrected chi connectivity index (χ4v) is 2.31. The Hall–Kier alpha value is -1.01. The first-order valence-corrected chi connectivity index (χ1v) is 6.05. The van der Waals surface area contributed by atoms with Crippen LogP contribution in [-0.2, 0) is 0 Å². The lowest BCUT2D eigenvalue weighted by Crippen LogP contribution is -2.07. The molecule has 0 aromatic heterocycles. The van der Waals surface area contributed by atoms with E-state index in [1.165, 1.54) is 6.07 Å². The summed E-state index contributed by atoms with van der Waals surface area (Å²) in [6.07, 6.45) is -1.29. The highest BCUT2D eigenvalue weighted by Crippen LogP contribution is 2.29. The molecule has 0 fully saturated rings. The van der Waals surface area contributed by atoms with Gasteiger partial charge in [0, 0.05) is 3.57 Å². The average molecular weight is 346 g/mol. The summed E-state index contributed by atoms with van der Waals surface area (Å²) in [6, 6.07) is 10.5. The smallest absolute Gasteiger partial charge is 0.132 e. The lowest BCUT2D eigenvalue weighted by molar-refractivity contribution is 0.208. The van der Waals surface area contributed by atoms with Crippen LogP contribution in [0.4, 0.5) is 8.78 Å². The second-order valence-corrected chi connectivity index (χ2v) is 4.72. The molecule has 0 heterocycles. The molecule has 88 valence electrons. The third kappa shape index (κ3) is 2.47. The SMILES string of the molecule is OC(c1ccccc1I)c1c(F)cccc1F. The molecule has 2 rings (SSSR count). The molecular weight excluding hydrogens is 337 g/mol. The lowest BCUT2D eigenvalue weighted by atomic mass is 10.0. The molecule has 2 aromatic rings. The van der Waals surface area contributed by atoms with E-state index in [2.05, 4.69) is 0 Å². The van der Waals surface area contributed by atoms with E-state index in [-0.39, 0.29) is 5.56 Å². The summed E-state index contributed by atoms with van der Waals surface area (Å²) in [5.41, 5.74) is 0.189. The minimum absolute atomic E-state index is 0.309. The summed E-state index contributed by atoms with van der Waals surface area (Å²) < 4.78 is 27.8. The average Bonchev–Trinajstić information content (AvgIpc) is 2.29. The van der Waals surface area contributed by atoms with Crippen molar-refractivity contribution in [2.45, 2.75) is 6.10 Å². The topological polar surface area (TPSA) is 20.2 Å². The van der Waals surface area contributed by atoms with Crippen molar-refractivity contribution in [2.24, 2.45) is 0 Å². The number of rotatable bonds is 2. The van der Waals surface area contributed by atoms with Gasteiger partial charge in [0.2, 0.25) is 0 Å². The largest absolute Gasteiger partial charge is 0.383 e. The minimum Gasteiger partial charge on any atom is -0.383 e. The summed E-state index contributed by atoms with van der Waals surface area (Å²) in [4.78, 5) is 0. The van der Waals surface area contributed by atoms with Gasteiger partial charge in [0.15, 0.2) is 0 Å². The molecule has 4 heteroatoms. The van der Waals surface area contributed by atoms with E-state index in [4.69, 9.17) is 0 Å². The number of hydrogen-bond donors (Lipinski definition) is 1. The van der Waals surface area contributed by atoms with E-state index >= 15 is 0 Å². The van der Waals surface area contributed by atoms with E-state index in [1.54, 1.807) is 24.3 Å². The Bertz CT molecular complexity index is 522. The first-order chi connectivity index (χ1) is 8.11. The van der Waals surface area contributed by atoms with Crippen molar-refractivity contribution in [3.05, 3.63) is 68.8 Å². The zero-order chi connectivity index (χ0) is 12.4. The second-order valence-electron chi connectivity index (χ2n) is 3.56. The van der Waals surface area contributed by atoms with Crippen LogP contribution in [0.3, 0.4) is 0 Å². The van der Waals surface area contributed by atoms with Gasteiger partial charge in [0.25, 0.3) is 0 Å². The summed E-state index contributed by atoms with van der Waals surface area (Å²) in [5.74, 6) is -1.48. The zero-order valence-corrected chi connectivity index (χ0v) is 10.9. The Kier molecular flexibility index (Phi) is 3.73. The Balaban J connectivity index is 2.51. The van der Waals surface area contributed by atoms with Crippen LogP contribution < -0.4 is 0 Å². The number of aliphatic hydroxyl groups is 1. The molecule has 1 unspecified atom stereocenters. The van der Waals surface area contributed by atoms with Gasteiger partial charge in [-0.25, -0.2) is 8.78 Å². The Labute approximate surface area is 111 Å². The van der Waals surface area contributed by atoms with Crippen LogP contribution in [-0.4, -0.2) is 5.11 Å². The van der Waals surface area contributed by atoms with Crippen LogP contribution >= 0.6 is 22.6 Å². The second kappa shape index (κ2) is 5.10. The Morgan fingerprint density at radius 3 is 2.12 bits per heavy atom. The number of halogens is 3. The summed E-state index contributed by atoms with van der Waals surface area (Å²) >= 11 is 2.02. The molecule has 0 saturated heterocycles. The Morgan fingerprint density at radius 2 is 1.53 bits per heavy atom. The van der Waals surface area contributed by atoms with Gasteiger partial charge in [-0.05, 0) is 46.4 Å². The molecule has 1 nitrogen and oxygen atoms in total. The molecule has 0 amide bonds. The monoisotopic (exact) mass is 346 g/mol. The van der Waals surface area contributed by atoms with Gasteiger partial charge in [0.05, 0.1) is 5.56 Å². The van der Waals surface area contributed by atoms with E-state index in [9.17, 15) is 13.9 Å². The highest BCUT2D eigenvalue weighted by molar-refractivity contribution is 14.1. The highest BCUT2D eigenvalue weighted by atomic mass is 127. The van der Waals surface area contributed by atoms with Crippen molar-refractivity contribution >= 4 is 22.6 Å². The van der Waals surface area contributed by atoms with E-state index in [1.807, 2.05) is 22.6 Å². The maximum atomic E-state index is 13.5. The maximum absolute atomic E-state index is 13.5. The molecule has 0 spiro atoms. The standard InChI is InChI=1S/C13H9F2IO/c14-9-5-3-6-10(15)12(9)13(17)8-4-1-2-7-11(8)16/h1-7,13,17H. The molecule has 0 aliphatic rings. The first kappa shape index (κ1) is 12.4. The van der Waals surface area contributed by atoms with Crippen LogP contribution in [0, 0.1) is 15.2 Å². The summed E-state index contributed by atoms with van der Waals surface area (Å²) in [6.45, 7) is 0. The summed E-state index contributed by atoms with van der Waals surface area (Å²) in [7, 11) is 0. The van der Waals surface area contributed by atoms with Crippen LogP contribution in [0.1, 0.15) is 17.2 Å². The number of hydrogen-bond acceptors (Lipinski definition) is 1. The molecule has 0 aliphatic heterocycles. The van der Waals surface area contributed by atoms with Gasteiger partial charge in [0.1, 0.15) is 17.7 Å². The zero-order valence-electron chi connectivity index (χ0n) is 8.70. The predicted octanol–water partition coefficient (Wildman–Crippen LogP) is 3.65. The van der Waals surface area contributed by atoms with E-state index in [0.717, 1.165) is 15.7 Å². The molecule has 2 aromatic carbocycles. The molecule has 0 saturated carbocycles. The Morgan fingerprint density at radius 1 is 0.941 bits per heavy atom. The van der Waals surface area contributed by atoms with Gasteiger partial charge in [-0.15, -0.1) is 0 Å². The number of aliphatic hydroxyl groups excluding tert-OH is 1. The van der Waals surface area contributed by atoms with Crippen molar-refractivity contribution in [1.82, 2.24) is 0 Å². The number of benzene rings is 2. The fraction of sp³-hybridized carbons (Fsp3) is 0.0769. The van der Waals surface area contributed by atoms with Gasteiger partial charge >= 0.3 is 0 Å². The van der Waals surface area contributed by atoms with Crippen molar-refractivity contribution in [1.29, 1.82) is 0 Å². The molecule has 17 heavy (non-hydrogen) atoms. The van der Waals surface area contributed by atoms with Crippen molar-refractivity contribution in [3.8, 4) is 0 Å². The van der Waals surface area contributed by atoms with E-state index in [0.29, 0.717) is 5.56 Å². The molecule has 1 N–H and O–H groups in total. The quantitative estimate of drug-likeness (QED) is 0.823. The van der Waals surface area contributed by atoms with Crippen LogP contribution in [0.15, 0.2) is 42.5 Å². The first-order valence-electron chi connectivity index (χ1n) is 4.97. The molecule has 0 bridgehead atoms. The minimum atomic E-state index is -1.29. The lowest BCUT2D eigenvalue weighted by Gasteiger charge is -2.14. The third-order valence-electron chi connectivity index (χ3n) is 2.47. The molecule has 1 atom stereocenters. The van der Waals surface area contributed by atoms with Gasteiger partial charge < -0.3 is 5.11 Å². The molecular formula is C13H9F2IO. The van der Waals surface area contributed by atoms with Crippen LogP contribution in [0.2, 0.25) is 0 Å². The molecule has 0 radical (unpaired) electrons. The van der Waals surface area contributed by atoms with Crippen molar-refractivity contribution < 1.29 is 13.9 Å². The normalized spacial score (nSPS) is 12.5. The van der Waals surface area contributed by atoms with Crippen molar-refractivity contribution in [3.63, 3.8) is 0 Å². The van der Waals surface area contributed by atoms with Crippen LogP contribution in [0.25, 0.3) is 0 Å². The third-order valence-corrected chi connectivity index (χ3v) is 3.46. The van der Waals surface area contributed by atoms with Crippen LogP contribution in [0.5, 0.6) is 0 Å². The highest BCUT2D eigenvalue weighted by Gasteiger charge is 2.20.